The summed E-state index contributed by atoms with van der Waals surface area (Å²) in [5, 5.41) is 18.4. The number of hydrogen-bond acceptors (Lipinski definition) is 7. The van der Waals surface area contributed by atoms with Gasteiger partial charge in [-0.1, -0.05) is 75.5 Å². The van der Waals surface area contributed by atoms with Crippen LogP contribution in [0.4, 0.5) is 5.69 Å². The Labute approximate surface area is 255 Å². The Morgan fingerprint density at radius 2 is 1.83 bits per heavy atom. The van der Waals surface area contributed by atoms with Crippen molar-refractivity contribution in [3.8, 4) is 17.3 Å². The maximum absolute atomic E-state index is 13.7. The van der Waals surface area contributed by atoms with E-state index in [1.54, 1.807) is 54.6 Å². The molecule has 9 nitrogen and oxygen atoms in total. The third-order valence-corrected chi connectivity index (χ3v) is 7.40. The zero-order valence-corrected chi connectivity index (χ0v) is 24.4. The first-order valence-electron chi connectivity index (χ1n) is 12.4. The molecule has 0 radical (unpaired) electrons. The van der Waals surface area contributed by atoms with E-state index in [2.05, 4.69) is 26.0 Å². The van der Waals surface area contributed by atoms with E-state index in [0.29, 0.717) is 42.3 Å². The molecule has 208 valence electrons. The van der Waals surface area contributed by atoms with Gasteiger partial charge in [0.1, 0.15) is 12.2 Å². The van der Waals surface area contributed by atoms with Crippen molar-refractivity contribution in [2.45, 2.75) is 6.61 Å². The minimum absolute atomic E-state index is 0.0648. The van der Waals surface area contributed by atoms with E-state index in [4.69, 9.17) is 32.4 Å². The van der Waals surface area contributed by atoms with E-state index in [1.165, 1.54) is 12.3 Å². The van der Waals surface area contributed by atoms with Gasteiger partial charge < -0.3 is 9.15 Å². The van der Waals surface area contributed by atoms with Gasteiger partial charge in [0.15, 0.2) is 5.76 Å². The van der Waals surface area contributed by atoms with E-state index in [-0.39, 0.29) is 29.4 Å². The zero-order chi connectivity index (χ0) is 29.4. The molecule has 0 atom stereocenters. The topological polar surface area (TPSA) is 113 Å². The maximum Gasteiger partial charge on any atom is 0.312 e. The van der Waals surface area contributed by atoms with Gasteiger partial charge in [-0.25, -0.2) is 4.98 Å². The van der Waals surface area contributed by atoms with E-state index in [9.17, 15) is 14.9 Å². The highest BCUT2D eigenvalue weighted by Gasteiger charge is 2.22. The molecule has 0 spiro atoms. The first-order chi connectivity index (χ1) is 20.3. The fraction of sp³-hybridized carbons (Fsp3) is 0.0333. The van der Waals surface area contributed by atoms with E-state index in [1.807, 2.05) is 24.3 Å². The second kappa shape index (κ2) is 11.4. The van der Waals surface area contributed by atoms with Crippen LogP contribution in [0.15, 0.2) is 104 Å². The highest BCUT2D eigenvalue weighted by Crippen LogP contribution is 2.35. The van der Waals surface area contributed by atoms with Crippen molar-refractivity contribution >= 4 is 72.9 Å². The molecule has 12 heteroatoms. The molecular weight excluding hydrogens is 647 g/mol. The molecule has 6 aromatic rings. The Kier molecular flexibility index (Phi) is 7.51. The Morgan fingerprint density at radius 1 is 1.05 bits per heavy atom. The van der Waals surface area contributed by atoms with Crippen molar-refractivity contribution in [1.29, 1.82) is 0 Å². The number of hydrogen-bond donors (Lipinski definition) is 0. The van der Waals surface area contributed by atoms with Crippen molar-refractivity contribution in [2.24, 2.45) is 5.10 Å². The van der Waals surface area contributed by atoms with Crippen LogP contribution in [0.5, 0.6) is 5.75 Å². The lowest BCUT2D eigenvalue weighted by Gasteiger charge is -2.12. The maximum atomic E-state index is 13.7. The fourth-order valence-electron chi connectivity index (χ4n) is 4.38. The van der Waals surface area contributed by atoms with Crippen molar-refractivity contribution < 1.29 is 14.1 Å². The van der Waals surface area contributed by atoms with Crippen molar-refractivity contribution in [2.75, 3.05) is 0 Å². The summed E-state index contributed by atoms with van der Waals surface area (Å²) in [7, 11) is 0. The Bertz CT molecular complexity index is 2080. The number of aromatic nitrogens is 2. The number of ether oxygens (including phenoxy) is 1. The number of nitro groups is 1. The number of nitro benzene ring substituents is 1. The van der Waals surface area contributed by atoms with Gasteiger partial charge >= 0.3 is 5.69 Å². The summed E-state index contributed by atoms with van der Waals surface area (Å²) < 4.78 is 13.5. The summed E-state index contributed by atoms with van der Waals surface area (Å²) in [6.45, 7) is -0.0823. The van der Waals surface area contributed by atoms with Gasteiger partial charge in [-0.15, -0.1) is 0 Å². The molecule has 0 bridgehead atoms. The number of benzene rings is 4. The molecule has 2 aromatic heterocycles. The lowest BCUT2D eigenvalue weighted by molar-refractivity contribution is -0.386. The fourth-order valence-corrected chi connectivity index (χ4v) is 5.31. The van der Waals surface area contributed by atoms with Gasteiger partial charge in [0.2, 0.25) is 11.6 Å². The Morgan fingerprint density at radius 3 is 2.62 bits per heavy atom. The molecule has 0 amide bonds. The molecule has 0 saturated carbocycles. The summed E-state index contributed by atoms with van der Waals surface area (Å²) in [5.74, 6) is 0.418. The predicted molar refractivity (Wildman–Crippen MR) is 166 cm³/mol. The second-order valence-electron chi connectivity index (χ2n) is 9.09. The average Bonchev–Trinajstić information content (AvgIpc) is 3.41. The number of halogens is 3. The highest BCUT2D eigenvalue weighted by atomic mass is 79.9. The predicted octanol–water partition coefficient (Wildman–Crippen LogP) is 8.25. The van der Waals surface area contributed by atoms with Crippen molar-refractivity contribution in [1.82, 2.24) is 9.66 Å². The lowest BCUT2D eigenvalue weighted by atomic mass is 10.2. The number of rotatable bonds is 7. The molecule has 0 fully saturated rings. The van der Waals surface area contributed by atoms with Crippen LogP contribution < -0.4 is 10.3 Å². The summed E-state index contributed by atoms with van der Waals surface area (Å²) >= 11 is 15.6. The van der Waals surface area contributed by atoms with Gasteiger partial charge in [-0.2, -0.15) is 9.78 Å². The van der Waals surface area contributed by atoms with Crippen LogP contribution in [0.1, 0.15) is 11.1 Å². The van der Waals surface area contributed by atoms with Crippen LogP contribution in [-0.2, 0) is 6.61 Å². The van der Waals surface area contributed by atoms with Gasteiger partial charge in [-0.3, -0.25) is 14.9 Å². The van der Waals surface area contributed by atoms with Crippen LogP contribution in [0, 0.1) is 10.1 Å². The third kappa shape index (κ3) is 5.39. The molecule has 6 rings (SSSR count). The number of furan rings is 1. The number of fused-ring (bicyclic) bond motifs is 2. The molecule has 0 N–H and O–H groups in total. The van der Waals surface area contributed by atoms with Gasteiger partial charge in [0, 0.05) is 37.1 Å². The van der Waals surface area contributed by atoms with Gasteiger partial charge in [-0.05, 0) is 42.5 Å². The second-order valence-corrected chi connectivity index (χ2v) is 10.8. The smallest absolute Gasteiger partial charge is 0.312 e. The molecule has 0 saturated heterocycles. The highest BCUT2D eigenvalue weighted by molar-refractivity contribution is 9.10. The monoisotopic (exact) mass is 662 g/mol. The van der Waals surface area contributed by atoms with Crippen molar-refractivity contribution in [3.05, 3.63) is 131 Å². The SMILES string of the molecule is O=c1c2ccccc2nc(-c2cc3ccccc3o2)n1N=Cc1cc(Br)cc([N+](=O)[O-])c1OCc1ccc(Cl)cc1Cl. The lowest BCUT2D eigenvalue weighted by Crippen LogP contribution is -2.20. The van der Waals surface area contributed by atoms with Gasteiger partial charge in [0.25, 0.3) is 5.56 Å². The molecule has 42 heavy (non-hydrogen) atoms. The standard InChI is InChI=1S/C30H17BrCl2N4O5/c31-20-11-19(28(25(13-20)37(39)40)41-16-18-9-10-21(32)14-23(18)33)15-34-36-29(27-12-17-5-1-4-8-26(17)42-27)35-24-7-3-2-6-22(24)30(36)38/h1-15H,16H2. The summed E-state index contributed by atoms with van der Waals surface area (Å²) in [4.78, 5) is 29.8. The molecule has 0 aliphatic rings. The average molecular weight is 664 g/mol. The largest absolute Gasteiger partial charge is 0.481 e. The number of para-hydroxylation sites is 2. The van der Waals surface area contributed by atoms with Crippen molar-refractivity contribution in [3.63, 3.8) is 0 Å². The summed E-state index contributed by atoms with van der Waals surface area (Å²) in [6, 6.07) is 23.8. The molecule has 0 aliphatic carbocycles. The van der Waals surface area contributed by atoms with E-state index >= 15 is 0 Å². The van der Waals surface area contributed by atoms with Crippen LogP contribution in [0.2, 0.25) is 10.0 Å². The molecule has 2 heterocycles. The molecular formula is C30H17BrCl2N4O5. The van der Waals surface area contributed by atoms with Crippen LogP contribution in [0.3, 0.4) is 0 Å². The Balaban J connectivity index is 1.49. The van der Waals surface area contributed by atoms with E-state index in [0.717, 1.165) is 10.1 Å². The third-order valence-electron chi connectivity index (χ3n) is 6.36. The summed E-state index contributed by atoms with van der Waals surface area (Å²) in [6.07, 6.45) is 1.31. The molecule has 0 aliphatic heterocycles. The zero-order valence-electron chi connectivity index (χ0n) is 21.3. The van der Waals surface area contributed by atoms with E-state index < -0.39 is 10.5 Å². The molecule has 4 aromatic carbocycles. The van der Waals surface area contributed by atoms with Crippen LogP contribution in [0.25, 0.3) is 33.5 Å². The van der Waals surface area contributed by atoms with Crippen LogP contribution >= 0.6 is 39.1 Å². The minimum atomic E-state index is -0.565. The number of nitrogens with zero attached hydrogens (tertiary/aromatic N) is 4. The van der Waals surface area contributed by atoms with Gasteiger partial charge in [0.05, 0.1) is 22.0 Å². The molecule has 0 unspecified atom stereocenters. The normalized spacial score (nSPS) is 11.5. The quantitative estimate of drug-likeness (QED) is 0.0966. The Hall–Kier alpha value is -4.51. The first-order valence-corrected chi connectivity index (χ1v) is 13.9. The minimum Gasteiger partial charge on any atom is -0.481 e. The first kappa shape index (κ1) is 27.6. The van der Waals surface area contributed by atoms with Crippen LogP contribution in [-0.4, -0.2) is 20.8 Å². The summed E-state index contributed by atoms with van der Waals surface area (Å²) in [5.41, 5.74) is 1.13.